The van der Waals surface area contributed by atoms with E-state index in [1.807, 2.05) is 6.92 Å². The van der Waals surface area contributed by atoms with Gasteiger partial charge in [0, 0.05) is 24.3 Å². The fraction of sp³-hybridized carbons (Fsp3) is 0.538. The third kappa shape index (κ3) is 1.86. The first-order valence-corrected chi connectivity index (χ1v) is 5.74. The van der Waals surface area contributed by atoms with Gasteiger partial charge in [-0.25, -0.2) is 0 Å². The molecular formula is C13H20N2. The molecular weight excluding hydrogens is 184 g/mol. The molecule has 1 aromatic carbocycles. The molecule has 1 unspecified atom stereocenters. The zero-order chi connectivity index (χ0) is 11.0. The van der Waals surface area contributed by atoms with Crippen LogP contribution in [0, 0.1) is 0 Å². The van der Waals surface area contributed by atoms with Crippen LogP contribution < -0.4 is 10.6 Å². The Morgan fingerprint density at radius 2 is 2.00 bits per heavy atom. The Balaban J connectivity index is 2.33. The maximum atomic E-state index is 5.89. The second-order valence-corrected chi connectivity index (χ2v) is 4.71. The quantitative estimate of drug-likeness (QED) is 0.802. The Bertz CT molecular complexity index is 356. The molecule has 0 aromatic heterocycles. The predicted octanol–water partition coefficient (Wildman–Crippen LogP) is 2.48. The van der Waals surface area contributed by atoms with E-state index in [1.54, 1.807) is 0 Å². The molecule has 0 amide bonds. The highest BCUT2D eigenvalue weighted by atomic mass is 15.2. The van der Waals surface area contributed by atoms with Crippen LogP contribution in [0.25, 0.3) is 0 Å². The smallest absolute Gasteiger partial charge is 0.0402 e. The maximum Gasteiger partial charge on any atom is 0.0402 e. The fourth-order valence-corrected chi connectivity index (χ4v) is 2.27. The van der Waals surface area contributed by atoms with E-state index < -0.39 is 0 Å². The summed E-state index contributed by atoms with van der Waals surface area (Å²) in [5.74, 6) is 0. The minimum Gasteiger partial charge on any atom is -0.369 e. The maximum absolute atomic E-state index is 5.89. The standard InChI is InChI=1S/C13H20N2/c1-9(2)15-7-6-12-8-11(10(3)14)4-5-13(12)15/h4-5,8-10H,6-7,14H2,1-3H3. The molecule has 0 aliphatic carbocycles. The molecule has 0 saturated heterocycles. The van der Waals surface area contributed by atoms with E-state index >= 15 is 0 Å². The summed E-state index contributed by atoms with van der Waals surface area (Å²) in [7, 11) is 0. The van der Waals surface area contributed by atoms with Crippen LogP contribution in [-0.4, -0.2) is 12.6 Å². The summed E-state index contributed by atoms with van der Waals surface area (Å²) in [6.45, 7) is 7.68. The number of hydrogen-bond acceptors (Lipinski definition) is 2. The second-order valence-electron chi connectivity index (χ2n) is 4.71. The van der Waals surface area contributed by atoms with Gasteiger partial charge in [-0.3, -0.25) is 0 Å². The number of nitrogens with zero attached hydrogens (tertiary/aromatic N) is 1. The number of nitrogens with two attached hydrogens (primary N) is 1. The first-order valence-electron chi connectivity index (χ1n) is 5.74. The van der Waals surface area contributed by atoms with Gasteiger partial charge in [-0.15, -0.1) is 0 Å². The molecule has 0 fully saturated rings. The third-order valence-corrected chi connectivity index (χ3v) is 3.18. The van der Waals surface area contributed by atoms with Crippen molar-refractivity contribution in [2.45, 2.75) is 39.3 Å². The summed E-state index contributed by atoms with van der Waals surface area (Å²) in [6, 6.07) is 7.38. The summed E-state index contributed by atoms with van der Waals surface area (Å²) in [5, 5.41) is 0. The Labute approximate surface area is 92.1 Å². The van der Waals surface area contributed by atoms with Crippen LogP contribution in [0.3, 0.4) is 0 Å². The Hall–Kier alpha value is -1.02. The van der Waals surface area contributed by atoms with E-state index in [9.17, 15) is 0 Å². The minimum atomic E-state index is 0.142. The predicted molar refractivity (Wildman–Crippen MR) is 65.2 cm³/mol. The van der Waals surface area contributed by atoms with Crippen molar-refractivity contribution in [1.82, 2.24) is 0 Å². The van der Waals surface area contributed by atoms with E-state index in [0.717, 1.165) is 13.0 Å². The average molecular weight is 204 g/mol. The Morgan fingerprint density at radius 3 is 2.60 bits per heavy atom. The number of rotatable bonds is 2. The summed E-state index contributed by atoms with van der Waals surface area (Å²) in [5.41, 5.74) is 9.99. The van der Waals surface area contributed by atoms with E-state index in [2.05, 4.69) is 36.9 Å². The van der Waals surface area contributed by atoms with Gasteiger partial charge in [0.2, 0.25) is 0 Å². The van der Waals surface area contributed by atoms with E-state index in [1.165, 1.54) is 16.8 Å². The SMILES string of the molecule is CC(N)c1ccc2c(c1)CCN2C(C)C. The van der Waals surface area contributed by atoms with Crippen LogP contribution in [-0.2, 0) is 6.42 Å². The molecule has 15 heavy (non-hydrogen) atoms. The summed E-state index contributed by atoms with van der Waals surface area (Å²) in [6.07, 6.45) is 1.16. The van der Waals surface area contributed by atoms with Gasteiger partial charge in [0.15, 0.2) is 0 Å². The molecule has 1 aliphatic heterocycles. The molecule has 1 aliphatic rings. The van der Waals surface area contributed by atoms with Crippen molar-refractivity contribution < 1.29 is 0 Å². The van der Waals surface area contributed by atoms with Crippen LogP contribution in [0.2, 0.25) is 0 Å². The van der Waals surface area contributed by atoms with Gasteiger partial charge < -0.3 is 10.6 Å². The lowest BCUT2D eigenvalue weighted by Crippen LogP contribution is -2.28. The molecule has 0 saturated carbocycles. The van der Waals surface area contributed by atoms with Crippen molar-refractivity contribution in [1.29, 1.82) is 0 Å². The molecule has 2 heteroatoms. The molecule has 2 nitrogen and oxygen atoms in total. The number of fused-ring (bicyclic) bond motifs is 1. The minimum absolute atomic E-state index is 0.142. The van der Waals surface area contributed by atoms with E-state index in [0.29, 0.717) is 6.04 Å². The van der Waals surface area contributed by atoms with Gasteiger partial charge in [0.05, 0.1) is 0 Å². The topological polar surface area (TPSA) is 29.3 Å². The lowest BCUT2D eigenvalue weighted by atomic mass is 10.0. The average Bonchev–Trinajstić information content (AvgIpc) is 2.59. The van der Waals surface area contributed by atoms with Crippen LogP contribution in [0.15, 0.2) is 18.2 Å². The van der Waals surface area contributed by atoms with E-state index in [4.69, 9.17) is 5.73 Å². The highest BCUT2D eigenvalue weighted by molar-refractivity contribution is 5.59. The van der Waals surface area contributed by atoms with E-state index in [-0.39, 0.29) is 6.04 Å². The largest absolute Gasteiger partial charge is 0.369 e. The van der Waals surface area contributed by atoms with Crippen LogP contribution in [0.4, 0.5) is 5.69 Å². The zero-order valence-corrected chi connectivity index (χ0v) is 9.83. The third-order valence-electron chi connectivity index (χ3n) is 3.18. The van der Waals surface area contributed by atoms with Crippen LogP contribution in [0.5, 0.6) is 0 Å². The Morgan fingerprint density at radius 1 is 1.27 bits per heavy atom. The lowest BCUT2D eigenvalue weighted by molar-refractivity contribution is 0.710. The van der Waals surface area contributed by atoms with Crippen LogP contribution in [0.1, 0.15) is 37.9 Å². The molecule has 0 bridgehead atoms. The molecule has 82 valence electrons. The fourth-order valence-electron chi connectivity index (χ4n) is 2.27. The highest BCUT2D eigenvalue weighted by Crippen LogP contribution is 2.31. The van der Waals surface area contributed by atoms with Crippen molar-refractivity contribution in [2.24, 2.45) is 5.73 Å². The second kappa shape index (κ2) is 3.86. The first-order chi connectivity index (χ1) is 7.09. The van der Waals surface area contributed by atoms with Gasteiger partial charge in [0.25, 0.3) is 0 Å². The highest BCUT2D eigenvalue weighted by Gasteiger charge is 2.21. The van der Waals surface area contributed by atoms with Crippen LogP contribution >= 0.6 is 0 Å². The van der Waals surface area contributed by atoms with Gasteiger partial charge in [-0.2, -0.15) is 0 Å². The molecule has 2 rings (SSSR count). The molecule has 1 heterocycles. The van der Waals surface area contributed by atoms with Crippen molar-refractivity contribution in [3.8, 4) is 0 Å². The molecule has 1 aromatic rings. The Kier molecular flexibility index (Phi) is 2.70. The van der Waals surface area contributed by atoms with Crippen molar-refractivity contribution in [3.05, 3.63) is 29.3 Å². The van der Waals surface area contributed by atoms with Gasteiger partial charge in [-0.1, -0.05) is 12.1 Å². The number of anilines is 1. The normalized spacial score (nSPS) is 17.0. The number of benzene rings is 1. The zero-order valence-electron chi connectivity index (χ0n) is 9.83. The molecule has 0 spiro atoms. The summed E-state index contributed by atoms with van der Waals surface area (Å²) < 4.78 is 0. The van der Waals surface area contributed by atoms with Gasteiger partial charge in [-0.05, 0) is 44.4 Å². The monoisotopic (exact) mass is 204 g/mol. The first kappa shape index (κ1) is 10.5. The van der Waals surface area contributed by atoms with Crippen molar-refractivity contribution in [2.75, 3.05) is 11.4 Å². The van der Waals surface area contributed by atoms with Crippen molar-refractivity contribution >= 4 is 5.69 Å². The van der Waals surface area contributed by atoms with Crippen molar-refractivity contribution in [3.63, 3.8) is 0 Å². The molecule has 0 radical (unpaired) electrons. The summed E-state index contributed by atoms with van der Waals surface area (Å²) >= 11 is 0. The van der Waals surface area contributed by atoms with Gasteiger partial charge in [0.1, 0.15) is 0 Å². The summed E-state index contributed by atoms with van der Waals surface area (Å²) in [4.78, 5) is 2.46. The van der Waals surface area contributed by atoms with Gasteiger partial charge >= 0.3 is 0 Å². The molecule has 1 atom stereocenters. The lowest BCUT2D eigenvalue weighted by Gasteiger charge is -2.24. The molecule has 2 N–H and O–H groups in total. The number of hydrogen-bond donors (Lipinski definition) is 1.